The first-order chi connectivity index (χ1) is 11.1. The molecule has 0 saturated carbocycles. The van der Waals surface area contributed by atoms with Gasteiger partial charge in [0.25, 0.3) is 11.5 Å². The van der Waals surface area contributed by atoms with Crippen molar-refractivity contribution in [3.8, 4) is 0 Å². The second-order valence-corrected chi connectivity index (χ2v) is 6.08. The number of aromatic nitrogens is 3. The zero-order valence-corrected chi connectivity index (χ0v) is 13.3. The number of hydrogen-bond acceptors (Lipinski definition) is 4. The third-order valence-corrected chi connectivity index (χ3v) is 4.08. The Morgan fingerprint density at radius 1 is 1.39 bits per heavy atom. The summed E-state index contributed by atoms with van der Waals surface area (Å²) < 4.78 is 0. The monoisotopic (exact) mass is 312 g/mol. The fourth-order valence-electron chi connectivity index (χ4n) is 2.88. The van der Waals surface area contributed by atoms with E-state index in [4.69, 9.17) is 0 Å². The molecule has 120 valence electrons. The Morgan fingerprint density at radius 2 is 2.22 bits per heavy atom. The number of rotatable bonds is 3. The molecule has 2 aromatic rings. The maximum atomic E-state index is 12.7. The molecule has 23 heavy (non-hydrogen) atoms. The van der Waals surface area contributed by atoms with Gasteiger partial charge in [-0.1, -0.05) is 19.9 Å². The van der Waals surface area contributed by atoms with E-state index in [9.17, 15) is 9.59 Å². The number of nitrogens with one attached hydrogen (secondary N) is 1. The van der Waals surface area contributed by atoms with Crippen molar-refractivity contribution in [3.05, 3.63) is 58.0 Å². The second-order valence-electron chi connectivity index (χ2n) is 6.08. The molecule has 0 aliphatic carbocycles. The van der Waals surface area contributed by atoms with Crippen molar-refractivity contribution in [2.75, 3.05) is 6.54 Å². The van der Waals surface area contributed by atoms with Gasteiger partial charge in [0.1, 0.15) is 11.5 Å². The van der Waals surface area contributed by atoms with Crippen LogP contribution in [0.2, 0.25) is 0 Å². The number of hydrogen-bond donors (Lipinski definition) is 1. The fourth-order valence-corrected chi connectivity index (χ4v) is 2.88. The maximum Gasteiger partial charge on any atom is 0.273 e. The quantitative estimate of drug-likeness (QED) is 0.943. The van der Waals surface area contributed by atoms with E-state index in [0.717, 1.165) is 18.5 Å². The number of carbonyl (C=O) groups is 1. The first kappa shape index (κ1) is 15.4. The first-order valence-corrected chi connectivity index (χ1v) is 7.89. The average molecular weight is 312 g/mol. The molecule has 0 bridgehead atoms. The van der Waals surface area contributed by atoms with Crippen molar-refractivity contribution in [1.29, 1.82) is 0 Å². The highest BCUT2D eigenvalue weighted by Crippen LogP contribution is 2.31. The molecule has 1 N–H and O–H groups in total. The number of aromatic amines is 1. The SMILES string of the molecule is CC(C)c1cc(=O)[nH]c(C2CCCN2C(=O)c2ccccn2)n1. The zero-order valence-electron chi connectivity index (χ0n) is 13.3. The van der Waals surface area contributed by atoms with E-state index in [2.05, 4.69) is 15.0 Å². The highest BCUT2D eigenvalue weighted by atomic mass is 16.2. The summed E-state index contributed by atoms with van der Waals surface area (Å²) in [6.07, 6.45) is 3.29. The van der Waals surface area contributed by atoms with Crippen LogP contribution in [-0.4, -0.2) is 32.3 Å². The Kier molecular flexibility index (Phi) is 4.23. The van der Waals surface area contributed by atoms with Crippen LogP contribution in [0.3, 0.4) is 0 Å². The molecule has 1 unspecified atom stereocenters. The van der Waals surface area contributed by atoms with Crippen LogP contribution in [0, 0.1) is 0 Å². The van der Waals surface area contributed by atoms with Crippen LogP contribution < -0.4 is 5.56 Å². The third kappa shape index (κ3) is 3.16. The Labute approximate surface area is 134 Å². The van der Waals surface area contributed by atoms with Crippen molar-refractivity contribution >= 4 is 5.91 Å². The average Bonchev–Trinajstić information content (AvgIpc) is 3.04. The van der Waals surface area contributed by atoms with Gasteiger partial charge in [-0.3, -0.25) is 14.6 Å². The number of H-pyrrole nitrogens is 1. The number of amides is 1. The highest BCUT2D eigenvalue weighted by Gasteiger charge is 2.33. The number of likely N-dealkylation sites (tertiary alicyclic amines) is 1. The van der Waals surface area contributed by atoms with Crippen molar-refractivity contribution in [3.63, 3.8) is 0 Å². The summed E-state index contributed by atoms with van der Waals surface area (Å²) in [5, 5.41) is 0. The molecule has 2 aromatic heterocycles. The van der Waals surface area contributed by atoms with Crippen LogP contribution in [0.5, 0.6) is 0 Å². The summed E-state index contributed by atoms with van der Waals surface area (Å²) in [5.74, 6) is 0.617. The van der Waals surface area contributed by atoms with Crippen molar-refractivity contribution in [2.45, 2.75) is 38.6 Å². The summed E-state index contributed by atoms with van der Waals surface area (Å²) in [5.41, 5.74) is 0.999. The van der Waals surface area contributed by atoms with Gasteiger partial charge in [-0.25, -0.2) is 4.98 Å². The minimum absolute atomic E-state index is 0.120. The van der Waals surface area contributed by atoms with Crippen molar-refractivity contribution < 1.29 is 4.79 Å². The van der Waals surface area contributed by atoms with E-state index in [1.165, 1.54) is 6.07 Å². The van der Waals surface area contributed by atoms with Crippen LogP contribution in [0.1, 0.15) is 60.7 Å². The molecule has 1 aliphatic rings. The smallest absolute Gasteiger partial charge is 0.273 e. The summed E-state index contributed by atoms with van der Waals surface area (Å²) in [7, 11) is 0. The van der Waals surface area contributed by atoms with E-state index in [1.54, 1.807) is 29.3 Å². The van der Waals surface area contributed by atoms with Crippen molar-refractivity contribution in [1.82, 2.24) is 19.9 Å². The van der Waals surface area contributed by atoms with Gasteiger partial charge in [-0.15, -0.1) is 0 Å². The van der Waals surface area contributed by atoms with Crippen LogP contribution >= 0.6 is 0 Å². The largest absolute Gasteiger partial charge is 0.327 e. The summed E-state index contributed by atoms with van der Waals surface area (Å²) >= 11 is 0. The van der Waals surface area contributed by atoms with Gasteiger partial charge in [0.05, 0.1) is 11.7 Å². The van der Waals surface area contributed by atoms with E-state index < -0.39 is 0 Å². The zero-order chi connectivity index (χ0) is 16.4. The predicted molar refractivity (Wildman–Crippen MR) is 86.2 cm³/mol. The number of nitrogens with zero attached hydrogens (tertiary/aromatic N) is 3. The Morgan fingerprint density at radius 3 is 2.91 bits per heavy atom. The topological polar surface area (TPSA) is 79.0 Å². The van der Waals surface area contributed by atoms with Crippen LogP contribution in [0.4, 0.5) is 0 Å². The lowest BCUT2D eigenvalue weighted by molar-refractivity contribution is 0.0723. The van der Waals surface area contributed by atoms with E-state index in [1.807, 2.05) is 13.8 Å². The first-order valence-electron chi connectivity index (χ1n) is 7.89. The molecule has 1 amide bonds. The summed E-state index contributed by atoms with van der Waals surface area (Å²) in [4.78, 5) is 37.8. The number of carbonyl (C=O) groups excluding carboxylic acids is 1. The Bertz CT molecular complexity index is 755. The molecule has 3 heterocycles. The molecule has 6 nitrogen and oxygen atoms in total. The molecule has 1 saturated heterocycles. The second kappa shape index (κ2) is 6.32. The summed E-state index contributed by atoms with van der Waals surface area (Å²) in [6.45, 7) is 4.64. The third-order valence-electron chi connectivity index (χ3n) is 4.08. The van der Waals surface area contributed by atoms with E-state index >= 15 is 0 Å². The Balaban J connectivity index is 1.93. The molecule has 0 spiro atoms. The predicted octanol–water partition coefficient (Wildman–Crippen LogP) is 2.27. The van der Waals surface area contributed by atoms with Gasteiger partial charge < -0.3 is 9.88 Å². The van der Waals surface area contributed by atoms with Gasteiger partial charge in [-0.05, 0) is 30.9 Å². The van der Waals surface area contributed by atoms with Crippen molar-refractivity contribution in [2.24, 2.45) is 0 Å². The van der Waals surface area contributed by atoms with Gasteiger partial charge in [0, 0.05) is 18.8 Å². The van der Waals surface area contributed by atoms with Crippen LogP contribution in [-0.2, 0) is 0 Å². The van der Waals surface area contributed by atoms with Gasteiger partial charge in [0.15, 0.2) is 0 Å². The molecule has 6 heteroatoms. The highest BCUT2D eigenvalue weighted by molar-refractivity contribution is 5.92. The normalized spacial score (nSPS) is 17.7. The van der Waals surface area contributed by atoms with E-state index in [0.29, 0.717) is 18.1 Å². The molecule has 1 atom stereocenters. The molecule has 0 radical (unpaired) electrons. The lowest BCUT2D eigenvalue weighted by atomic mass is 10.1. The van der Waals surface area contributed by atoms with Gasteiger partial charge in [0.2, 0.25) is 0 Å². The van der Waals surface area contributed by atoms with Crippen LogP contribution in [0.25, 0.3) is 0 Å². The maximum absolute atomic E-state index is 12.7. The standard InChI is InChI=1S/C17H20N4O2/c1-11(2)13-10-15(22)20-16(19-13)14-7-5-9-21(14)17(23)12-6-3-4-8-18-12/h3-4,6,8,10-11,14H,5,7,9H2,1-2H3,(H,19,20,22). The molecule has 1 aliphatic heterocycles. The molecule has 1 fully saturated rings. The lowest BCUT2D eigenvalue weighted by Gasteiger charge is -2.24. The summed E-state index contributed by atoms with van der Waals surface area (Å²) in [6, 6.07) is 6.61. The fraction of sp³-hybridized carbons (Fsp3) is 0.412. The molecule has 3 rings (SSSR count). The molecular formula is C17H20N4O2. The minimum Gasteiger partial charge on any atom is -0.327 e. The Hall–Kier alpha value is -2.50. The molecule has 0 aromatic carbocycles. The minimum atomic E-state index is -0.198. The molecular weight excluding hydrogens is 292 g/mol. The number of pyridine rings is 1. The lowest BCUT2D eigenvalue weighted by Crippen LogP contribution is -2.33. The van der Waals surface area contributed by atoms with Gasteiger partial charge in [-0.2, -0.15) is 0 Å². The van der Waals surface area contributed by atoms with E-state index in [-0.39, 0.29) is 23.4 Å². The van der Waals surface area contributed by atoms with Crippen LogP contribution in [0.15, 0.2) is 35.3 Å². The van der Waals surface area contributed by atoms with Gasteiger partial charge >= 0.3 is 0 Å².